The summed E-state index contributed by atoms with van der Waals surface area (Å²) in [6.07, 6.45) is 0. The highest BCUT2D eigenvalue weighted by atomic mass is 19.1. The molecule has 0 atom stereocenters. The molecule has 2 heterocycles. The third-order valence-electron chi connectivity index (χ3n) is 5.98. The van der Waals surface area contributed by atoms with Gasteiger partial charge in [0.25, 0.3) is 0 Å². The van der Waals surface area contributed by atoms with Crippen molar-refractivity contribution in [2.24, 2.45) is 5.92 Å². The van der Waals surface area contributed by atoms with E-state index in [9.17, 15) is 14.0 Å². The summed E-state index contributed by atoms with van der Waals surface area (Å²) in [4.78, 5) is 33.2. The Labute approximate surface area is 185 Å². The maximum atomic E-state index is 13.9. The van der Waals surface area contributed by atoms with E-state index in [4.69, 9.17) is 0 Å². The zero-order valence-corrected chi connectivity index (χ0v) is 18.9. The van der Waals surface area contributed by atoms with Crippen molar-refractivity contribution in [3.05, 3.63) is 35.6 Å². The normalized spacial score (nSPS) is 19.0. The Hall–Kier alpha value is -2.03. The molecular weight excluding hydrogens is 397 g/mol. The summed E-state index contributed by atoms with van der Waals surface area (Å²) < 4.78 is 13.9. The Morgan fingerprint density at radius 1 is 0.903 bits per heavy atom. The average molecular weight is 434 g/mol. The van der Waals surface area contributed by atoms with Crippen LogP contribution in [0.15, 0.2) is 24.3 Å². The standard InChI is InChI=1S/C23H36FN5O2/c1-19(2)15-25-22(30)17-27-7-9-28(10-8-27)18-23(31)29-13-11-26(12-14-29)16-20-5-3-4-6-21(20)24/h3-6,19H,7-18H2,1-2H3,(H,25,30). The van der Waals surface area contributed by atoms with Crippen LogP contribution in [-0.2, 0) is 16.1 Å². The van der Waals surface area contributed by atoms with Crippen LogP contribution < -0.4 is 5.32 Å². The van der Waals surface area contributed by atoms with Crippen LogP contribution in [0.4, 0.5) is 4.39 Å². The lowest BCUT2D eigenvalue weighted by atomic mass is 10.2. The van der Waals surface area contributed by atoms with Crippen molar-refractivity contribution in [1.82, 2.24) is 24.9 Å². The Morgan fingerprint density at radius 2 is 1.48 bits per heavy atom. The molecule has 7 nitrogen and oxygen atoms in total. The van der Waals surface area contributed by atoms with Crippen LogP contribution in [-0.4, -0.2) is 103 Å². The van der Waals surface area contributed by atoms with Crippen molar-refractivity contribution in [2.75, 3.05) is 72.0 Å². The Bertz CT molecular complexity index is 728. The van der Waals surface area contributed by atoms with Gasteiger partial charge in [-0.15, -0.1) is 0 Å². The highest BCUT2D eigenvalue weighted by Crippen LogP contribution is 2.12. The first-order valence-electron chi connectivity index (χ1n) is 11.4. The van der Waals surface area contributed by atoms with Crippen molar-refractivity contribution in [2.45, 2.75) is 20.4 Å². The van der Waals surface area contributed by atoms with Gasteiger partial charge in [0.1, 0.15) is 5.82 Å². The number of piperazine rings is 2. The van der Waals surface area contributed by atoms with Gasteiger partial charge in [-0.3, -0.25) is 24.3 Å². The van der Waals surface area contributed by atoms with E-state index < -0.39 is 0 Å². The number of hydrogen-bond acceptors (Lipinski definition) is 5. The second-order valence-electron chi connectivity index (χ2n) is 9.00. The van der Waals surface area contributed by atoms with Crippen LogP contribution in [0.1, 0.15) is 19.4 Å². The second-order valence-corrected chi connectivity index (χ2v) is 9.00. The third-order valence-corrected chi connectivity index (χ3v) is 5.98. The van der Waals surface area contributed by atoms with E-state index in [0.29, 0.717) is 50.7 Å². The van der Waals surface area contributed by atoms with Crippen LogP contribution in [0.3, 0.4) is 0 Å². The molecule has 2 aliphatic heterocycles. The molecule has 31 heavy (non-hydrogen) atoms. The third kappa shape index (κ3) is 7.55. The van der Waals surface area contributed by atoms with E-state index >= 15 is 0 Å². The molecular formula is C23H36FN5O2. The minimum atomic E-state index is -0.169. The van der Waals surface area contributed by atoms with Gasteiger partial charge >= 0.3 is 0 Å². The highest BCUT2D eigenvalue weighted by Gasteiger charge is 2.25. The van der Waals surface area contributed by atoms with E-state index in [2.05, 4.69) is 33.9 Å². The number of nitrogens with zero attached hydrogens (tertiary/aromatic N) is 4. The number of halogens is 1. The Balaban J connectivity index is 1.33. The van der Waals surface area contributed by atoms with Gasteiger partial charge < -0.3 is 10.2 Å². The van der Waals surface area contributed by atoms with Crippen LogP contribution in [0.25, 0.3) is 0 Å². The molecule has 8 heteroatoms. The quantitative estimate of drug-likeness (QED) is 0.659. The molecule has 0 saturated carbocycles. The minimum absolute atomic E-state index is 0.0754. The Kier molecular flexibility index (Phi) is 8.80. The van der Waals surface area contributed by atoms with Crippen LogP contribution in [0.2, 0.25) is 0 Å². The maximum Gasteiger partial charge on any atom is 0.236 e. The molecule has 0 unspecified atom stereocenters. The molecule has 1 aromatic rings. The smallest absolute Gasteiger partial charge is 0.236 e. The van der Waals surface area contributed by atoms with Crippen LogP contribution in [0, 0.1) is 11.7 Å². The Morgan fingerprint density at radius 3 is 2.10 bits per heavy atom. The summed E-state index contributed by atoms with van der Waals surface area (Å²) in [6, 6.07) is 6.88. The summed E-state index contributed by atoms with van der Waals surface area (Å²) in [5, 5.41) is 2.96. The van der Waals surface area contributed by atoms with E-state index in [1.807, 2.05) is 17.0 Å². The first-order valence-corrected chi connectivity index (χ1v) is 11.4. The molecule has 0 aromatic heterocycles. The lowest BCUT2D eigenvalue weighted by Crippen LogP contribution is -2.54. The number of rotatable bonds is 8. The number of benzene rings is 1. The first-order chi connectivity index (χ1) is 14.9. The number of hydrogen-bond donors (Lipinski definition) is 1. The van der Waals surface area contributed by atoms with E-state index in [0.717, 1.165) is 39.3 Å². The average Bonchev–Trinajstić information content (AvgIpc) is 2.76. The lowest BCUT2D eigenvalue weighted by molar-refractivity contribution is -0.135. The van der Waals surface area contributed by atoms with Gasteiger partial charge in [0.15, 0.2) is 0 Å². The number of carbonyl (C=O) groups excluding carboxylic acids is 2. The predicted molar refractivity (Wildman–Crippen MR) is 119 cm³/mol. The van der Waals surface area contributed by atoms with E-state index in [-0.39, 0.29) is 17.6 Å². The van der Waals surface area contributed by atoms with Gasteiger partial charge in [0.05, 0.1) is 13.1 Å². The first kappa shape index (κ1) is 23.6. The van der Waals surface area contributed by atoms with Crippen LogP contribution in [0.5, 0.6) is 0 Å². The van der Waals surface area contributed by atoms with Gasteiger partial charge in [-0.25, -0.2) is 4.39 Å². The SMILES string of the molecule is CC(C)CNC(=O)CN1CCN(CC(=O)N2CCN(Cc3ccccc3F)CC2)CC1. The fourth-order valence-corrected chi connectivity index (χ4v) is 4.00. The van der Waals surface area contributed by atoms with Crippen molar-refractivity contribution in [1.29, 1.82) is 0 Å². The summed E-state index contributed by atoms with van der Waals surface area (Å²) >= 11 is 0. The highest BCUT2D eigenvalue weighted by molar-refractivity contribution is 5.78. The van der Waals surface area contributed by atoms with E-state index in [1.165, 1.54) is 6.07 Å². The second kappa shape index (κ2) is 11.5. The number of amides is 2. The molecule has 2 amide bonds. The molecule has 172 valence electrons. The van der Waals surface area contributed by atoms with Gasteiger partial charge in [0, 0.05) is 71.0 Å². The molecule has 0 aliphatic carbocycles. The lowest BCUT2D eigenvalue weighted by Gasteiger charge is -2.38. The van der Waals surface area contributed by atoms with Crippen molar-refractivity contribution in [3.8, 4) is 0 Å². The topological polar surface area (TPSA) is 59.1 Å². The summed E-state index contributed by atoms with van der Waals surface area (Å²) in [5.74, 6) is 0.519. The molecule has 1 aromatic carbocycles. The molecule has 2 fully saturated rings. The fraction of sp³-hybridized carbons (Fsp3) is 0.652. The molecule has 2 aliphatic rings. The molecule has 0 spiro atoms. The van der Waals surface area contributed by atoms with Crippen molar-refractivity contribution >= 4 is 11.8 Å². The summed E-state index contributed by atoms with van der Waals surface area (Å²) in [5.41, 5.74) is 0.707. The molecule has 0 bridgehead atoms. The largest absolute Gasteiger partial charge is 0.355 e. The predicted octanol–water partition coefficient (Wildman–Crippen LogP) is 0.860. The fourth-order valence-electron chi connectivity index (χ4n) is 4.00. The summed E-state index contributed by atoms with van der Waals surface area (Å²) in [7, 11) is 0. The van der Waals surface area contributed by atoms with Gasteiger partial charge in [0.2, 0.25) is 11.8 Å². The zero-order chi connectivity index (χ0) is 22.2. The van der Waals surface area contributed by atoms with Gasteiger partial charge in [-0.2, -0.15) is 0 Å². The molecule has 0 radical (unpaired) electrons. The maximum absolute atomic E-state index is 13.9. The van der Waals surface area contributed by atoms with Gasteiger partial charge in [-0.05, 0) is 12.0 Å². The molecule has 3 rings (SSSR count). The monoisotopic (exact) mass is 433 g/mol. The van der Waals surface area contributed by atoms with Crippen molar-refractivity contribution < 1.29 is 14.0 Å². The molecule has 2 saturated heterocycles. The van der Waals surface area contributed by atoms with Crippen LogP contribution >= 0.6 is 0 Å². The number of nitrogens with one attached hydrogen (secondary N) is 1. The zero-order valence-electron chi connectivity index (χ0n) is 18.9. The minimum Gasteiger partial charge on any atom is -0.355 e. The number of carbonyl (C=O) groups is 2. The van der Waals surface area contributed by atoms with E-state index in [1.54, 1.807) is 6.07 Å². The van der Waals surface area contributed by atoms with Gasteiger partial charge in [-0.1, -0.05) is 32.0 Å². The summed E-state index contributed by atoms with van der Waals surface area (Å²) in [6.45, 7) is 12.4. The van der Waals surface area contributed by atoms with Crippen molar-refractivity contribution in [3.63, 3.8) is 0 Å². The molecule has 1 N–H and O–H groups in total.